The molecule has 0 radical (unpaired) electrons. The van der Waals surface area contributed by atoms with Gasteiger partial charge in [-0.2, -0.15) is 0 Å². The van der Waals surface area contributed by atoms with Gasteiger partial charge in [-0.15, -0.1) is 0 Å². The van der Waals surface area contributed by atoms with Crippen LogP contribution in [0.3, 0.4) is 0 Å². The summed E-state index contributed by atoms with van der Waals surface area (Å²) in [5, 5.41) is 38.5. The van der Waals surface area contributed by atoms with Crippen LogP contribution >= 0.6 is 0 Å². The van der Waals surface area contributed by atoms with Crippen LogP contribution in [0.5, 0.6) is 0 Å². The van der Waals surface area contributed by atoms with Crippen LogP contribution in [0.1, 0.15) is 38.7 Å². The summed E-state index contributed by atoms with van der Waals surface area (Å²) in [6.45, 7) is 4.38. The first-order valence-corrected chi connectivity index (χ1v) is 11.3. The molecule has 1 aliphatic rings. The molecule has 36 heavy (non-hydrogen) atoms. The molecule has 12 heteroatoms. The minimum atomic E-state index is -1.26. The molecule has 6 N–H and O–H groups in total. The van der Waals surface area contributed by atoms with Crippen LogP contribution in [-0.2, 0) is 35.1 Å². The highest BCUT2D eigenvalue weighted by Crippen LogP contribution is 2.07. The predicted octanol–water partition coefficient (Wildman–Crippen LogP) is 1.15. The SMILES string of the molecule is CCOC(=O)[C@H](CCc1ccccc1)N[C@@H](C)C(=O)O.O=C(O)/C=C\C(=O)O.O=C(O)[C@@H]1CCCN1. The maximum absolute atomic E-state index is 11.8. The number of carboxylic acid groups (broad SMARTS) is 4. The number of hydrogen-bond donors (Lipinski definition) is 6. The Morgan fingerprint density at radius 1 is 1.06 bits per heavy atom. The van der Waals surface area contributed by atoms with Gasteiger partial charge in [0.05, 0.1) is 6.61 Å². The van der Waals surface area contributed by atoms with E-state index in [1.54, 1.807) is 6.92 Å². The normalized spacial score (nSPS) is 15.9. The monoisotopic (exact) mass is 510 g/mol. The van der Waals surface area contributed by atoms with Gasteiger partial charge in [0.2, 0.25) is 0 Å². The van der Waals surface area contributed by atoms with Crippen molar-refractivity contribution in [2.75, 3.05) is 13.2 Å². The second-order valence-electron chi connectivity index (χ2n) is 7.55. The highest BCUT2D eigenvalue weighted by molar-refractivity contribution is 5.89. The summed E-state index contributed by atoms with van der Waals surface area (Å²) in [6, 6.07) is 8.07. The topological polar surface area (TPSA) is 200 Å². The van der Waals surface area contributed by atoms with Crippen LogP contribution in [-0.4, -0.2) is 81.5 Å². The first kappa shape index (κ1) is 32.2. The first-order valence-electron chi connectivity index (χ1n) is 11.3. The van der Waals surface area contributed by atoms with Crippen LogP contribution in [0, 0.1) is 0 Å². The largest absolute Gasteiger partial charge is 0.480 e. The summed E-state index contributed by atoms with van der Waals surface area (Å²) in [4.78, 5) is 52.0. The number of carbonyl (C=O) groups excluding carboxylic acids is 1. The number of rotatable bonds is 11. The van der Waals surface area contributed by atoms with Gasteiger partial charge in [0.25, 0.3) is 0 Å². The molecule has 200 valence electrons. The highest BCUT2D eigenvalue weighted by Gasteiger charge is 2.24. The Hall–Kier alpha value is -3.77. The van der Waals surface area contributed by atoms with Crippen LogP contribution in [0.25, 0.3) is 0 Å². The maximum Gasteiger partial charge on any atom is 0.328 e. The molecule has 1 fully saturated rings. The van der Waals surface area contributed by atoms with Gasteiger partial charge in [0, 0.05) is 12.2 Å². The van der Waals surface area contributed by atoms with Gasteiger partial charge in [-0.1, -0.05) is 30.3 Å². The molecule has 1 heterocycles. The molecule has 1 aliphatic heterocycles. The molecule has 0 saturated carbocycles. The lowest BCUT2D eigenvalue weighted by Gasteiger charge is -2.19. The van der Waals surface area contributed by atoms with Gasteiger partial charge < -0.3 is 30.5 Å². The van der Waals surface area contributed by atoms with Crippen LogP contribution < -0.4 is 10.6 Å². The zero-order chi connectivity index (χ0) is 27.5. The number of ether oxygens (including phenoxy) is 1. The van der Waals surface area contributed by atoms with E-state index < -0.39 is 41.9 Å². The number of hydrogen-bond acceptors (Lipinski definition) is 8. The van der Waals surface area contributed by atoms with Crippen LogP contribution in [0.2, 0.25) is 0 Å². The lowest BCUT2D eigenvalue weighted by atomic mass is 10.0. The summed E-state index contributed by atoms with van der Waals surface area (Å²) in [6.07, 6.45) is 4.08. The molecule has 12 nitrogen and oxygen atoms in total. The van der Waals surface area contributed by atoms with Gasteiger partial charge in [0.1, 0.15) is 18.1 Å². The second kappa shape index (κ2) is 18.5. The van der Waals surface area contributed by atoms with E-state index in [0.717, 1.165) is 24.9 Å². The number of carbonyl (C=O) groups is 5. The number of nitrogens with one attached hydrogen (secondary N) is 2. The van der Waals surface area contributed by atoms with E-state index in [1.165, 1.54) is 6.92 Å². The molecule has 0 spiro atoms. The van der Waals surface area contributed by atoms with Gasteiger partial charge in [0.15, 0.2) is 0 Å². The number of carboxylic acids is 4. The molecule has 0 aliphatic carbocycles. The van der Waals surface area contributed by atoms with Crippen molar-refractivity contribution in [1.82, 2.24) is 10.6 Å². The van der Waals surface area contributed by atoms with Crippen molar-refractivity contribution in [3.8, 4) is 0 Å². The third-order valence-corrected chi connectivity index (χ3v) is 4.68. The first-order chi connectivity index (χ1) is 17.0. The third-order valence-electron chi connectivity index (χ3n) is 4.68. The van der Waals surface area contributed by atoms with Gasteiger partial charge in [-0.25, -0.2) is 9.59 Å². The fraction of sp³-hybridized carbons (Fsp3) is 0.458. The van der Waals surface area contributed by atoms with E-state index in [9.17, 15) is 24.0 Å². The van der Waals surface area contributed by atoms with E-state index >= 15 is 0 Å². The average molecular weight is 511 g/mol. The van der Waals surface area contributed by atoms with Crippen molar-refractivity contribution in [2.24, 2.45) is 0 Å². The van der Waals surface area contributed by atoms with Crippen molar-refractivity contribution in [2.45, 2.75) is 57.7 Å². The summed E-state index contributed by atoms with van der Waals surface area (Å²) in [5.41, 5.74) is 1.10. The van der Waals surface area contributed by atoms with Gasteiger partial charge in [-0.05, 0) is 51.6 Å². The minimum absolute atomic E-state index is 0.269. The van der Waals surface area contributed by atoms with E-state index in [1.807, 2.05) is 30.3 Å². The zero-order valence-electron chi connectivity index (χ0n) is 20.3. The molecular weight excluding hydrogens is 476 g/mol. The Labute approximate surface area is 209 Å². The second-order valence-corrected chi connectivity index (χ2v) is 7.55. The predicted molar refractivity (Wildman–Crippen MR) is 128 cm³/mol. The number of benzene rings is 1. The molecule has 0 amide bonds. The van der Waals surface area contributed by atoms with E-state index in [0.29, 0.717) is 25.0 Å². The van der Waals surface area contributed by atoms with Gasteiger partial charge in [-0.3, -0.25) is 19.7 Å². The molecule has 0 unspecified atom stereocenters. The molecule has 1 aromatic carbocycles. The Balaban J connectivity index is 0.000000625. The molecule has 2 rings (SSSR count). The Kier molecular flexibility index (Phi) is 16.6. The lowest BCUT2D eigenvalue weighted by Crippen LogP contribution is -2.46. The van der Waals surface area contributed by atoms with Crippen LogP contribution in [0.4, 0.5) is 0 Å². The maximum atomic E-state index is 11.8. The summed E-state index contributed by atoms with van der Waals surface area (Å²) in [7, 11) is 0. The van der Waals surface area contributed by atoms with Crippen LogP contribution in [0.15, 0.2) is 42.5 Å². The van der Waals surface area contributed by atoms with E-state index in [2.05, 4.69) is 10.6 Å². The lowest BCUT2D eigenvalue weighted by molar-refractivity contribution is -0.147. The van der Waals surface area contributed by atoms with Crippen molar-refractivity contribution in [3.63, 3.8) is 0 Å². The third kappa shape index (κ3) is 16.0. The number of esters is 1. The summed E-state index contributed by atoms with van der Waals surface area (Å²) < 4.78 is 4.98. The standard InChI is InChI=1S/C15H21NO4.C5H9NO2.C4H4O4/c1-3-20-15(19)13(16-11(2)14(17)18)10-9-12-7-5-4-6-8-12;7-5(8)4-2-1-3-6-4;5-3(6)1-2-4(7)8/h4-8,11,13,16H,3,9-10H2,1-2H3,(H,17,18);4,6H,1-3H2,(H,7,8);1-2H,(H,5,6)(H,7,8)/b;;2-1-/t11-,13-;4-;/m00./s1. The van der Waals surface area contributed by atoms with Crippen molar-refractivity contribution < 1.29 is 49.1 Å². The summed E-state index contributed by atoms with van der Waals surface area (Å²) in [5.74, 6) is -4.63. The molecule has 1 aromatic rings. The Bertz CT molecular complexity index is 851. The Morgan fingerprint density at radius 3 is 2.03 bits per heavy atom. The van der Waals surface area contributed by atoms with Crippen molar-refractivity contribution >= 4 is 29.8 Å². The van der Waals surface area contributed by atoms with E-state index in [4.69, 9.17) is 25.2 Å². The molecule has 0 aromatic heterocycles. The number of aryl methyl sites for hydroxylation is 1. The Morgan fingerprint density at radius 2 is 1.64 bits per heavy atom. The van der Waals surface area contributed by atoms with Gasteiger partial charge >= 0.3 is 29.8 Å². The smallest absolute Gasteiger partial charge is 0.328 e. The minimum Gasteiger partial charge on any atom is -0.480 e. The zero-order valence-corrected chi connectivity index (χ0v) is 20.3. The fourth-order valence-corrected chi connectivity index (χ4v) is 2.88. The molecule has 0 bridgehead atoms. The fourth-order valence-electron chi connectivity index (χ4n) is 2.88. The molecular formula is C24H34N2O10. The molecule has 3 atom stereocenters. The number of aliphatic carboxylic acids is 4. The van der Waals surface area contributed by atoms with E-state index in [-0.39, 0.29) is 12.6 Å². The quantitative estimate of drug-likeness (QED) is 0.183. The van der Waals surface area contributed by atoms with Crippen molar-refractivity contribution in [1.29, 1.82) is 0 Å². The van der Waals surface area contributed by atoms with Crippen molar-refractivity contribution in [3.05, 3.63) is 48.0 Å². The molecule has 1 saturated heterocycles. The average Bonchev–Trinajstić information content (AvgIpc) is 3.37. The summed E-state index contributed by atoms with van der Waals surface area (Å²) >= 11 is 0. The highest BCUT2D eigenvalue weighted by atomic mass is 16.5.